The number of carboxylic acid groups (broad SMARTS) is 1. The third-order valence-corrected chi connectivity index (χ3v) is 7.67. The molecule has 0 saturated heterocycles. The molecule has 0 bridgehead atoms. The van der Waals surface area contributed by atoms with Gasteiger partial charge in [0.15, 0.2) is 4.90 Å². The number of imidazole rings is 1. The monoisotopic (exact) mass is 363 g/mol. The summed E-state index contributed by atoms with van der Waals surface area (Å²) in [5.41, 5.74) is 1.32. The van der Waals surface area contributed by atoms with E-state index in [0.717, 1.165) is 11.3 Å². The number of hydrogen-bond acceptors (Lipinski definition) is 3. The number of carbonyl (C=O) groups is 1. The zero-order valence-corrected chi connectivity index (χ0v) is 15.8. The van der Waals surface area contributed by atoms with E-state index >= 15 is 0 Å². The Bertz CT molecular complexity index is 789. The van der Waals surface area contributed by atoms with Crippen LogP contribution in [0.15, 0.2) is 23.1 Å². The van der Waals surface area contributed by atoms with E-state index in [4.69, 9.17) is 5.11 Å². The normalized spacial score (nSPS) is 25.2. The van der Waals surface area contributed by atoms with E-state index in [-0.39, 0.29) is 10.7 Å². The molecule has 1 aromatic carbocycles. The highest BCUT2D eigenvalue weighted by atomic mass is 32.2. The fourth-order valence-electron chi connectivity index (χ4n) is 4.05. The predicted molar refractivity (Wildman–Crippen MR) is 99.3 cm³/mol. The number of amides is 1. The minimum absolute atomic E-state index is 0.169. The Morgan fingerprint density at radius 1 is 1.40 bits per heavy atom. The van der Waals surface area contributed by atoms with Crippen LogP contribution in [0, 0.1) is 17.8 Å². The van der Waals surface area contributed by atoms with Crippen molar-refractivity contribution in [1.29, 1.82) is 0 Å². The van der Waals surface area contributed by atoms with Crippen molar-refractivity contribution in [1.82, 2.24) is 9.97 Å². The third kappa shape index (κ3) is 3.35. The van der Waals surface area contributed by atoms with Crippen molar-refractivity contribution in [3.8, 4) is 0 Å². The summed E-state index contributed by atoms with van der Waals surface area (Å²) in [5, 5.41) is 11.0. The van der Waals surface area contributed by atoms with Crippen LogP contribution in [0.4, 0.5) is 10.7 Å². The molecule has 1 amide bonds. The molecular formula is C18H25N3O3S. The Balaban J connectivity index is 1.88. The molecule has 2 aromatic rings. The molecule has 4 unspecified atom stereocenters. The first-order chi connectivity index (χ1) is 11.7. The second-order valence-corrected chi connectivity index (χ2v) is 9.65. The lowest BCUT2D eigenvalue weighted by Crippen LogP contribution is -2.41. The highest BCUT2D eigenvalue weighted by molar-refractivity contribution is 7.92. The molecule has 0 aliphatic heterocycles. The molecule has 1 aliphatic carbocycles. The molecule has 4 atom stereocenters. The Kier molecular flexibility index (Phi) is 4.72. The van der Waals surface area contributed by atoms with Gasteiger partial charge in [0.05, 0.1) is 11.0 Å². The molecule has 0 radical (unpaired) electrons. The summed E-state index contributed by atoms with van der Waals surface area (Å²) in [4.78, 5) is 18.6. The second-order valence-electron chi connectivity index (χ2n) is 7.59. The summed E-state index contributed by atoms with van der Waals surface area (Å²) < 4.78 is 13.0. The van der Waals surface area contributed by atoms with Gasteiger partial charge in [-0.1, -0.05) is 13.8 Å². The molecule has 136 valence electrons. The maximum absolute atomic E-state index is 13.3. The summed E-state index contributed by atoms with van der Waals surface area (Å²) in [5.74, 6) is 1.81. The van der Waals surface area contributed by atoms with E-state index in [1.54, 1.807) is 12.1 Å². The Morgan fingerprint density at radius 2 is 2.12 bits per heavy atom. The van der Waals surface area contributed by atoms with Crippen LogP contribution >= 0.6 is 0 Å². The molecule has 1 aliphatic rings. The van der Waals surface area contributed by atoms with Crippen LogP contribution in [0.2, 0.25) is 0 Å². The zero-order valence-electron chi connectivity index (χ0n) is 15.0. The SMILES string of the molecule is CC1CCC(C(C)(C)[S+]([O-])c2ccc3[nH]c(NC(=O)O)nc3c2)C1C. The molecule has 3 N–H and O–H groups in total. The van der Waals surface area contributed by atoms with Crippen LogP contribution in [0.5, 0.6) is 0 Å². The first-order valence-electron chi connectivity index (χ1n) is 8.61. The summed E-state index contributed by atoms with van der Waals surface area (Å²) in [6, 6.07) is 5.44. The van der Waals surface area contributed by atoms with Crippen LogP contribution in [0.3, 0.4) is 0 Å². The Labute approximate surface area is 150 Å². The van der Waals surface area contributed by atoms with E-state index in [1.807, 2.05) is 6.07 Å². The Hall–Kier alpha value is -1.73. The third-order valence-electron chi connectivity index (χ3n) is 5.73. The van der Waals surface area contributed by atoms with E-state index in [9.17, 15) is 9.35 Å². The molecule has 0 spiro atoms. The van der Waals surface area contributed by atoms with Gasteiger partial charge in [0.1, 0.15) is 4.75 Å². The van der Waals surface area contributed by atoms with E-state index in [1.165, 1.54) is 6.42 Å². The van der Waals surface area contributed by atoms with Crippen molar-refractivity contribution in [2.45, 2.75) is 50.2 Å². The number of aromatic nitrogens is 2. The van der Waals surface area contributed by atoms with Gasteiger partial charge in [-0.25, -0.2) is 9.78 Å². The van der Waals surface area contributed by atoms with E-state index in [0.29, 0.717) is 28.8 Å². The van der Waals surface area contributed by atoms with Crippen LogP contribution in [0.25, 0.3) is 11.0 Å². The zero-order chi connectivity index (χ0) is 18.4. The fraction of sp³-hybridized carbons (Fsp3) is 0.556. The molecule has 25 heavy (non-hydrogen) atoms. The number of nitrogens with zero attached hydrogens (tertiary/aromatic N) is 1. The molecular weight excluding hydrogens is 338 g/mol. The van der Waals surface area contributed by atoms with Gasteiger partial charge in [-0.15, -0.1) is 0 Å². The fourth-order valence-corrected chi connectivity index (χ4v) is 5.67. The number of aromatic amines is 1. The molecule has 6 nitrogen and oxygen atoms in total. The van der Waals surface area contributed by atoms with Crippen molar-refractivity contribution < 1.29 is 14.5 Å². The van der Waals surface area contributed by atoms with Crippen LogP contribution in [-0.4, -0.2) is 30.5 Å². The van der Waals surface area contributed by atoms with Gasteiger partial charge < -0.3 is 14.6 Å². The minimum Gasteiger partial charge on any atom is -0.611 e. The first-order valence-corrected chi connectivity index (χ1v) is 9.76. The molecule has 1 fully saturated rings. The predicted octanol–water partition coefficient (Wildman–Crippen LogP) is 4.22. The van der Waals surface area contributed by atoms with Crippen molar-refractivity contribution in [2.24, 2.45) is 17.8 Å². The van der Waals surface area contributed by atoms with Gasteiger partial charge in [-0.3, -0.25) is 5.32 Å². The average Bonchev–Trinajstić information content (AvgIpc) is 3.08. The topological polar surface area (TPSA) is 101 Å². The maximum atomic E-state index is 13.3. The van der Waals surface area contributed by atoms with Crippen LogP contribution in [0.1, 0.15) is 40.5 Å². The molecule has 7 heteroatoms. The number of anilines is 1. The maximum Gasteiger partial charge on any atom is 0.411 e. The van der Waals surface area contributed by atoms with Crippen molar-refractivity contribution in [3.05, 3.63) is 18.2 Å². The lowest BCUT2D eigenvalue weighted by Gasteiger charge is -2.36. The lowest BCUT2D eigenvalue weighted by molar-refractivity contribution is 0.209. The van der Waals surface area contributed by atoms with Gasteiger partial charge >= 0.3 is 6.09 Å². The lowest BCUT2D eigenvalue weighted by atomic mass is 9.84. The summed E-state index contributed by atoms with van der Waals surface area (Å²) in [6.45, 7) is 8.72. The van der Waals surface area contributed by atoms with Crippen LogP contribution in [-0.2, 0) is 11.2 Å². The smallest absolute Gasteiger partial charge is 0.411 e. The minimum atomic E-state index is -1.17. The van der Waals surface area contributed by atoms with Gasteiger partial charge in [0.2, 0.25) is 5.95 Å². The number of benzene rings is 1. The van der Waals surface area contributed by atoms with Gasteiger partial charge in [-0.2, -0.15) is 0 Å². The Morgan fingerprint density at radius 3 is 2.72 bits per heavy atom. The molecule has 1 saturated carbocycles. The number of rotatable bonds is 4. The molecule has 1 aromatic heterocycles. The first kappa shape index (κ1) is 18.1. The number of hydrogen-bond donors (Lipinski definition) is 3. The highest BCUT2D eigenvalue weighted by Crippen LogP contribution is 2.47. The van der Waals surface area contributed by atoms with Crippen molar-refractivity contribution in [2.75, 3.05) is 5.32 Å². The van der Waals surface area contributed by atoms with Gasteiger partial charge in [0, 0.05) is 12.0 Å². The van der Waals surface area contributed by atoms with Gasteiger partial charge in [-0.05, 0) is 61.8 Å². The highest BCUT2D eigenvalue weighted by Gasteiger charge is 2.48. The van der Waals surface area contributed by atoms with Crippen molar-refractivity contribution >= 4 is 34.3 Å². The summed E-state index contributed by atoms with van der Waals surface area (Å²) in [6.07, 6.45) is 1.13. The standard InChI is InChI=1S/C18H25N3O3S/c1-10-5-7-13(11(10)2)18(3,4)25(24)12-6-8-14-15(9-12)20-16(19-14)21-17(22)23/h6,8-11,13H,5,7H2,1-4H3,(H,22,23)(H2,19,20,21). The number of nitrogens with one attached hydrogen (secondary N) is 2. The van der Waals surface area contributed by atoms with Crippen molar-refractivity contribution in [3.63, 3.8) is 0 Å². The van der Waals surface area contributed by atoms with Gasteiger partial charge in [0.25, 0.3) is 0 Å². The second kappa shape index (κ2) is 6.53. The quantitative estimate of drug-likeness (QED) is 0.708. The summed E-state index contributed by atoms with van der Waals surface area (Å²) >= 11 is -1.17. The number of fused-ring (bicyclic) bond motifs is 1. The van der Waals surface area contributed by atoms with E-state index < -0.39 is 17.3 Å². The molecule has 1 heterocycles. The van der Waals surface area contributed by atoms with E-state index in [2.05, 4.69) is 43.0 Å². The average molecular weight is 363 g/mol. The summed E-state index contributed by atoms with van der Waals surface area (Å²) in [7, 11) is 0. The largest absolute Gasteiger partial charge is 0.611 e. The van der Waals surface area contributed by atoms with Crippen LogP contribution < -0.4 is 5.32 Å². The molecule has 3 rings (SSSR count). The number of H-pyrrole nitrogens is 1.